The average molecular weight is 221 g/mol. The van der Waals surface area contributed by atoms with Crippen molar-refractivity contribution >= 4 is 22.4 Å². The fourth-order valence-corrected chi connectivity index (χ4v) is 1.43. The number of phenolic OH excluding ortho intramolecular Hbond substituents is 1. The second kappa shape index (κ2) is 4.05. The number of aromatic hydroxyl groups is 1. The lowest BCUT2D eigenvalue weighted by Crippen LogP contribution is -2.10. The molecule has 2 rings (SSSR count). The van der Waals surface area contributed by atoms with Gasteiger partial charge in [-0.2, -0.15) is 0 Å². The van der Waals surface area contributed by atoms with E-state index in [1.807, 2.05) is 0 Å². The highest BCUT2D eigenvalue weighted by Crippen LogP contribution is 2.13. The highest BCUT2D eigenvalue weighted by atomic mass is 32.1. The zero-order valence-corrected chi connectivity index (χ0v) is 8.36. The topological polar surface area (TPSA) is 75.1 Å². The van der Waals surface area contributed by atoms with Gasteiger partial charge in [0.2, 0.25) is 0 Å². The van der Waals surface area contributed by atoms with Crippen molar-refractivity contribution in [1.29, 1.82) is 0 Å². The van der Waals surface area contributed by atoms with E-state index < -0.39 is 0 Å². The third-order valence-corrected chi connectivity index (χ3v) is 2.31. The zero-order valence-electron chi connectivity index (χ0n) is 7.54. The molecule has 0 unspecified atom stereocenters. The molecular weight excluding hydrogens is 214 g/mol. The van der Waals surface area contributed by atoms with Gasteiger partial charge in [0.15, 0.2) is 0 Å². The Morgan fingerprint density at radius 2 is 2.07 bits per heavy atom. The molecule has 6 heteroatoms. The molecule has 0 atom stereocenters. The summed E-state index contributed by atoms with van der Waals surface area (Å²) in [4.78, 5) is 11.6. The number of amides is 1. The van der Waals surface area contributed by atoms with Gasteiger partial charge < -0.3 is 10.4 Å². The summed E-state index contributed by atoms with van der Waals surface area (Å²) in [5.41, 5.74) is 0.473. The van der Waals surface area contributed by atoms with Gasteiger partial charge in [-0.15, -0.1) is 5.10 Å². The van der Waals surface area contributed by atoms with Crippen LogP contribution in [0.5, 0.6) is 5.75 Å². The summed E-state index contributed by atoms with van der Waals surface area (Å²) in [6.45, 7) is 0. The summed E-state index contributed by atoms with van der Waals surface area (Å²) in [7, 11) is 0. The van der Waals surface area contributed by atoms with E-state index in [0.717, 1.165) is 11.5 Å². The van der Waals surface area contributed by atoms with Gasteiger partial charge in [0, 0.05) is 17.1 Å². The van der Waals surface area contributed by atoms with Crippen molar-refractivity contribution in [2.24, 2.45) is 0 Å². The van der Waals surface area contributed by atoms with Crippen LogP contribution in [0.25, 0.3) is 0 Å². The van der Waals surface area contributed by atoms with E-state index in [1.165, 1.54) is 18.3 Å². The van der Waals surface area contributed by atoms with Crippen LogP contribution < -0.4 is 5.32 Å². The van der Waals surface area contributed by atoms with Crippen molar-refractivity contribution in [3.05, 3.63) is 36.0 Å². The standard InChI is InChI=1S/C9H7N3O2S/c13-7-3-1-6(2-4-7)9(14)11-8-5-10-12-15-8/h1-5,13H,(H,11,14). The number of rotatable bonds is 2. The Morgan fingerprint density at radius 3 is 2.67 bits per heavy atom. The maximum Gasteiger partial charge on any atom is 0.256 e. The van der Waals surface area contributed by atoms with Gasteiger partial charge >= 0.3 is 0 Å². The highest BCUT2D eigenvalue weighted by molar-refractivity contribution is 7.10. The van der Waals surface area contributed by atoms with Crippen LogP contribution in [0.2, 0.25) is 0 Å². The molecule has 0 radical (unpaired) electrons. The molecule has 0 aliphatic rings. The lowest BCUT2D eigenvalue weighted by Gasteiger charge is -2.00. The first kappa shape index (κ1) is 9.60. The first-order valence-electron chi connectivity index (χ1n) is 4.13. The number of phenols is 1. The van der Waals surface area contributed by atoms with Gasteiger partial charge in [-0.1, -0.05) is 4.49 Å². The van der Waals surface area contributed by atoms with Crippen LogP contribution in [0.4, 0.5) is 5.00 Å². The predicted molar refractivity (Wildman–Crippen MR) is 56.0 cm³/mol. The highest BCUT2D eigenvalue weighted by Gasteiger charge is 2.06. The normalized spacial score (nSPS) is 9.87. The molecule has 1 aromatic carbocycles. The Bertz CT molecular complexity index is 453. The SMILES string of the molecule is O=C(Nc1cnns1)c1ccc(O)cc1. The number of benzene rings is 1. The summed E-state index contributed by atoms with van der Waals surface area (Å²) in [5.74, 6) is -0.118. The van der Waals surface area contributed by atoms with Crippen molar-refractivity contribution in [2.75, 3.05) is 5.32 Å². The Hall–Kier alpha value is -1.95. The van der Waals surface area contributed by atoms with Gasteiger partial charge in [0.05, 0.1) is 6.20 Å². The predicted octanol–water partition coefficient (Wildman–Crippen LogP) is 1.50. The first-order chi connectivity index (χ1) is 7.25. The molecule has 1 heterocycles. The molecule has 2 aromatic rings. The lowest BCUT2D eigenvalue weighted by atomic mass is 10.2. The van der Waals surface area contributed by atoms with Crippen LogP contribution in [0.1, 0.15) is 10.4 Å². The van der Waals surface area contributed by atoms with Crippen molar-refractivity contribution in [1.82, 2.24) is 9.59 Å². The quantitative estimate of drug-likeness (QED) is 0.805. The van der Waals surface area contributed by atoms with Gasteiger partial charge in [-0.3, -0.25) is 4.79 Å². The van der Waals surface area contributed by atoms with Crippen LogP contribution >= 0.6 is 11.5 Å². The Kier molecular flexibility index (Phi) is 2.59. The minimum Gasteiger partial charge on any atom is -0.508 e. The van der Waals surface area contributed by atoms with Crippen molar-refractivity contribution in [2.45, 2.75) is 0 Å². The summed E-state index contributed by atoms with van der Waals surface area (Å²) in [5, 5.41) is 15.9. The fourth-order valence-electron chi connectivity index (χ4n) is 1.02. The third kappa shape index (κ3) is 2.29. The molecule has 5 nitrogen and oxygen atoms in total. The zero-order chi connectivity index (χ0) is 10.7. The van der Waals surface area contributed by atoms with E-state index >= 15 is 0 Å². The molecule has 0 aliphatic heterocycles. The van der Waals surface area contributed by atoms with Crippen molar-refractivity contribution in [3.8, 4) is 5.75 Å². The average Bonchev–Trinajstić information content (AvgIpc) is 2.71. The molecule has 15 heavy (non-hydrogen) atoms. The largest absolute Gasteiger partial charge is 0.508 e. The summed E-state index contributed by atoms with van der Waals surface area (Å²) >= 11 is 1.11. The smallest absolute Gasteiger partial charge is 0.256 e. The van der Waals surface area contributed by atoms with Crippen LogP contribution in [0.3, 0.4) is 0 Å². The van der Waals surface area contributed by atoms with Crippen LogP contribution in [0.15, 0.2) is 30.5 Å². The van der Waals surface area contributed by atoms with Crippen molar-refractivity contribution < 1.29 is 9.90 Å². The lowest BCUT2D eigenvalue weighted by molar-refractivity contribution is 0.102. The van der Waals surface area contributed by atoms with E-state index in [0.29, 0.717) is 10.6 Å². The molecule has 1 amide bonds. The van der Waals surface area contributed by atoms with Gasteiger partial charge in [0.1, 0.15) is 10.8 Å². The van der Waals surface area contributed by atoms with E-state index in [9.17, 15) is 4.79 Å². The van der Waals surface area contributed by atoms with E-state index in [1.54, 1.807) is 12.1 Å². The van der Waals surface area contributed by atoms with Gasteiger partial charge in [-0.05, 0) is 24.3 Å². The minimum atomic E-state index is -0.249. The molecule has 0 saturated heterocycles. The monoisotopic (exact) mass is 221 g/mol. The maximum atomic E-state index is 11.6. The number of carbonyl (C=O) groups is 1. The Labute approximate surface area is 89.5 Å². The second-order valence-electron chi connectivity index (χ2n) is 2.78. The number of anilines is 1. The molecule has 0 bridgehead atoms. The molecule has 76 valence electrons. The maximum absolute atomic E-state index is 11.6. The number of carbonyl (C=O) groups excluding carboxylic acids is 1. The fraction of sp³-hybridized carbons (Fsp3) is 0. The second-order valence-corrected chi connectivity index (χ2v) is 3.57. The van der Waals surface area contributed by atoms with E-state index in [4.69, 9.17) is 5.11 Å². The summed E-state index contributed by atoms with van der Waals surface area (Å²) in [6.07, 6.45) is 1.48. The number of aromatic nitrogens is 2. The minimum absolute atomic E-state index is 0.131. The summed E-state index contributed by atoms with van der Waals surface area (Å²) in [6, 6.07) is 6.00. The van der Waals surface area contributed by atoms with Gasteiger partial charge in [-0.25, -0.2) is 0 Å². The molecular formula is C9H7N3O2S. The first-order valence-corrected chi connectivity index (χ1v) is 4.91. The number of hydrogen-bond donors (Lipinski definition) is 2. The van der Waals surface area contributed by atoms with Crippen LogP contribution in [-0.4, -0.2) is 20.6 Å². The summed E-state index contributed by atoms with van der Waals surface area (Å²) < 4.78 is 3.62. The molecule has 2 N–H and O–H groups in total. The Balaban J connectivity index is 2.11. The number of nitrogens with zero attached hydrogens (tertiary/aromatic N) is 2. The van der Waals surface area contributed by atoms with Crippen molar-refractivity contribution in [3.63, 3.8) is 0 Å². The van der Waals surface area contributed by atoms with E-state index in [-0.39, 0.29) is 11.7 Å². The Morgan fingerprint density at radius 1 is 1.33 bits per heavy atom. The third-order valence-electron chi connectivity index (χ3n) is 1.73. The molecule has 0 saturated carbocycles. The molecule has 0 spiro atoms. The van der Waals surface area contributed by atoms with Gasteiger partial charge in [0.25, 0.3) is 5.91 Å². The number of hydrogen-bond acceptors (Lipinski definition) is 5. The molecule has 1 aromatic heterocycles. The van der Waals surface area contributed by atoms with E-state index in [2.05, 4.69) is 14.9 Å². The molecule has 0 aliphatic carbocycles. The van der Waals surface area contributed by atoms with Crippen LogP contribution in [0, 0.1) is 0 Å². The van der Waals surface area contributed by atoms with Crippen LogP contribution in [-0.2, 0) is 0 Å². The number of nitrogens with one attached hydrogen (secondary N) is 1. The molecule has 0 fully saturated rings.